The van der Waals surface area contributed by atoms with Gasteiger partial charge in [-0.25, -0.2) is 0 Å². The zero-order valence-electron chi connectivity index (χ0n) is 13.2. The molecule has 5 heteroatoms. The summed E-state index contributed by atoms with van der Waals surface area (Å²) in [7, 11) is 1.65. The van der Waals surface area contributed by atoms with Crippen molar-refractivity contribution < 1.29 is 4.74 Å². The van der Waals surface area contributed by atoms with Gasteiger partial charge in [0.25, 0.3) is 0 Å². The van der Waals surface area contributed by atoms with Gasteiger partial charge in [0.1, 0.15) is 5.75 Å². The van der Waals surface area contributed by atoms with E-state index in [0.29, 0.717) is 5.02 Å². The minimum absolute atomic E-state index is 0.704. The maximum atomic E-state index is 5.95. The van der Waals surface area contributed by atoms with Crippen LogP contribution in [0.2, 0.25) is 5.02 Å². The van der Waals surface area contributed by atoms with E-state index >= 15 is 0 Å². The van der Waals surface area contributed by atoms with Crippen LogP contribution in [0.4, 0.5) is 17.1 Å². The second kappa shape index (κ2) is 7.62. The highest BCUT2D eigenvalue weighted by atomic mass is 35.5. The number of nitrogens with one attached hydrogen (secondary N) is 2. The van der Waals surface area contributed by atoms with E-state index in [9.17, 15) is 0 Å². The average molecular weight is 340 g/mol. The van der Waals surface area contributed by atoms with Crippen LogP contribution in [0, 0.1) is 0 Å². The molecule has 0 unspecified atom stereocenters. The van der Waals surface area contributed by atoms with Crippen LogP contribution in [0.1, 0.15) is 0 Å². The lowest BCUT2D eigenvalue weighted by molar-refractivity contribution is 0.415. The van der Waals surface area contributed by atoms with Gasteiger partial charge in [0, 0.05) is 5.02 Å². The van der Waals surface area contributed by atoms with E-state index in [2.05, 4.69) is 10.9 Å². The molecule has 4 nitrogen and oxygen atoms in total. The molecule has 24 heavy (non-hydrogen) atoms. The molecule has 0 aliphatic rings. The third-order valence-corrected chi connectivity index (χ3v) is 3.68. The van der Waals surface area contributed by atoms with E-state index in [0.717, 1.165) is 22.8 Å². The summed E-state index contributed by atoms with van der Waals surface area (Å²) in [5.41, 5.74) is 9.50. The highest BCUT2D eigenvalue weighted by Crippen LogP contribution is 2.21. The fraction of sp³-hybridized carbons (Fsp3) is 0.0526. The fourth-order valence-corrected chi connectivity index (χ4v) is 2.31. The fourth-order valence-electron chi connectivity index (χ4n) is 2.18. The van der Waals surface area contributed by atoms with Crippen molar-refractivity contribution in [2.24, 2.45) is 0 Å². The van der Waals surface area contributed by atoms with Gasteiger partial charge in [-0.1, -0.05) is 29.8 Å². The van der Waals surface area contributed by atoms with Crippen LogP contribution in [-0.2, 0) is 0 Å². The van der Waals surface area contributed by atoms with E-state index in [4.69, 9.17) is 16.3 Å². The highest BCUT2D eigenvalue weighted by Gasteiger charge is 2.07. The molecule has 0 heterocycles. The minimum atomic E-state index is 0.704. The molecule has 0 fully saturated rings. The number of rotatable bonds is 6. The summed E-state index contributed by atoms with van der Waals surface area (Å²) in [5.74, 6) is 0.817. The molecule has 2 N–H and O–H groups in total. The van der Waals surface area contributed by atoms with Crippen LogP contribution in [0.5, 0.6) is 5.75 Å². The number of benzene rings is 3. The van der Waals surface area contributed by atoms with Gasteiger partial charge in [-0.2, -0.15) is 5.12 Å². The first-order valence-corrected chi connectivity index (χ1v) is 7.90. The molecule has 0 atom stereocenters. The molecule has 0 aliphatic heterocycles. The van der Waals surface area contributed by atoms with Gasteiger partial charge >= 0.3 is 0 Å². The molecule has 0 radical (unpaired) electrons. The molecule has 3 aromatic carbocycles. The van der Waals surface area contributed by atoms with E-state index in [1.54, 1.807) is 7.11 Å². The zero-order valence-corrected chi connectivity index (χ0v) is 14.0. The Balaban J connectivity index is 1.82. The molecule has 3 rings (SSSR count). The normalized spacial score (nSPS) is 10.1. The number of hydrogen-bond acceptors (Lipinski definition) is 4. The first-order valence-electron chi connectivity index (χ1n) is 7.53. The number of methoxy groups -OCH3 is 1. The molecule has 0 spiro atoms. The summed E-state index contributed by atoms with van der Waals surface area (Å²) >= 11 is 5.95. The molecule has 0 aromatic heterocycles. The zero-order chi connectivity index (χ0) is 16.8. The lowest BCUT2D eigenvalue weighted by Gasteiger charge is -2.27. The topological polar surface area (TPSA) is 36.5 Å². The second-order valence-electron chi connectivity index (χ2n) is 5.13. The SMILES string of the molecule is COc1ccc(NN(Nc2ccc(Cl)cc2)c2ccccc2)cc1. The molecule has 0 saturated carbocycles. The van der Waals surface area contributed by atoms with Crippen molar-refractivity contribution in [1.82, 2.24) is 0 Å². The van der Waals surface area contributed by atoms with Gasteiger partial charge in [0.15, 0.2) is 0 Å². The highest BCUT2D eigenvalue weighted by molar-refractivity contribution is 6.30. The van der Waals surface area contributed by atoms with Crippen LogP contribution in [0.3, 0.4) is 0 Å². The van der Waals surface area contributed by atoms with E-state index < -0.39 is 0 Å². The van der Waals surface area contributed by atoms with E-state index in [-0.39, 0.29) is 0 Å². The number of anilines is 3. The lowest BCUT2D eigenvalue weighted by Crippen LogP contribution is -2.35. The number of hydrazine groups is 2. The van der Waals surface area contributed by atoms with Crippen molar-refractivity contribution in [2.45, 2.75) is 0 Å². The van der Waals surface area contributed by atoms with Crippen LogP contribution < -0.4 is 20.7 Å². The maximum Gasteiger partial charge on any atom is 0.119 e. The summed E-state index contributed by atoms with van der Waals surface area (Å²) in [4.78, 5) is 0. The van der Waals surface area contributed by atoms with Crippen molar-refractivity contribution in [3.8, 4) is 5.75 Å². The Morgan fingerprint density at radius 3 is 1.83 bits per heavy atom. The quantitative estimate of drug-likeness (QED) is 0.604. The third kappa shape index (κ3) is 4.12. The molecule has 122 valence electrons. The standard InChI is InChI=1S/C19H18ClN3O/c1-24-19-13-11-17(12-14-19)22-23(18-5-3-2-4-6-18)21-16-9-7-15(20)8-10-16/h2-14,21-22H,1H3. The van der Waals surface area contributed by atoms with Gasteiger partial charge in [0.2, 0.25) is 0 Å². The summed E-state index contributed by atoms with van der Waals surface area (Å²) in [5, 5.41) is 2.56. The molecule has 0 aliphatic carbocycles. The van der Waals surface area contributed by atoms with Crippen LogP contribution in [0.15, 0.2) is 78.9 Å². The minimum Gasteiger partial charge on any atom is -0.497 e. The Bertz CT molecular complexity index is 761. The first kappa shape index (κ1) is 16.0. The number of para-hydroxylation sites is 1. The number of ether oxygens (including phenoxy) is 1. The van der Waals surface area contributed by atoms with Crippen molar-refractivity contribution >= 4 is 28.7 Å². The summed E-state index contributed by atoms with van der Waals surface area (Å²) in [6, 6.07) is 25.3. The number of nitrogens with zero attached hydrogens (tertiary/aromatic N) is 1. The van der Waals surface area contributed by atoms with Crippen LogP contribution in [-0.4, -0.2) is 7.11 Å². The summed E-state index contributed by atoms with van der Waals surface area (Å²) in [6.45, 7) is 0. The number of hydrogen-bond donors (Lipinski definition) is 2. The largest absolute Gasteiger partial charge is 0.497 e. The maximum absolute atomic E-state index is 5.95. The molecule has 0 amide bonds. The Morgan fingerprint density at radius 1 is 0.750 bits per heavy atom. The van der Waals surface area contributed by atoms with Gasteiger partial charge in [0.05, 0.1) is 24.2 Å². The average Bonchev–Trinajstić information content (AvgIpc) is 2.64. The molecular weight excluding hydrogens is 322 g/mol. The summed E-state index contributed by atoms with van der Waals surface area (Å²) < 4.78 is 5.20. The van der Waals surface area contributed by atoms with Gasteiger partial charge in [-0.3, -0.25) is 10.9 Å². The predicted molar refractivity (Wildman–Crippen MR) is 101 cm³/mol. The van der Waals surface area contributed by atoms with Crippen molar-refractivity contribution in [1.29, 1.82) is 0 Å². The molecule has 0 saturated heterocycles. The van der Waals surface area contributed by atoms with Crippen molar-refractivity contribution in [2.75, 3.05) is 23.1 Å². The number of halogens is 1. The molecule has 0 bridgehead atoms. The van der Waals surface area contributed by atoms with Gasteiger partial charge < -0.3 is 4.74 Å². The Hall–Kier alpha value is -2.85. The van der Waals surface area contributed by atoms with Gasteiger partial charge in [-0.15, -0.1) is 0 Å². The Kier molecular flexibility index (Phi) is 5.08. The van der Waals surface area contributed by atoms with Gasteiger partial charge in [-0.05, 0) is 60.7 Å². The van der Waals surface area contributed by atoms with Crippen molar-refractivity contribution in [3.05, 3.63) is 83.9 Å². The molecule has 3 aromatic rings. The first-order chi connectivity index (χ1) is 11.7. The Morgan fingerprint density at radius 2 is 1.29 bits per heavy atom. The van der Waals surface area contributed by atoms with E-state index in [1.807, 2.05) is 84.0 Å². The smallest absolute Gasteiger partial charge is 0.119 e. The van der Waals surface area contributed by atoms with Crippen LogP contribution in [0.25, 0.3) is 0 Å². The van der Waals surface area contributed by atoms with E-state index in [1.165, 1.54) is 0 Å². The van der Waals surface area contributed by atoms with Crippen LogP contribution >= 0.6 is 11.6 Å². The van der Waals surface area contributed by atoms with Crippen molar-refractivity contribution in [3.63, 3.8) is 0 Å². The predicted octanol–water partition coefficient (Wildman–Crippen LogP) is 5.21. The lowest BCUT2D eigenvalue weighted by atomic mass is 10.3. The molecular formula is C19H18ClN3O. The second-order valence-corrected chi connectivity index (χ2v) is 5.57. The monoisotopic (exact) mass is 339 g/mol. The summed E-state index contributed by atoms with van der Waals surface area (Å²) in [6.07, 6.45) is 0. The Labute approximate surface area is 146 Å². The third-order valence-electron chi connectivity index (χ3n) is 3.43.